The van der Waals surface area contributed by atoms with Crippen LogP contribution in [0.5, 0.6) is 0 Å². The van der Waals surface area contributed by atoms with Crippen LogP contribution in [0.3, 0.4) is 0 Å². The van der Waals surface area contributed by atoms with Gasteiger partial charge in [0.25, 0.3) is 5.91 Å². The molecule has 1 aromatic rings. The highest BCUT2D eigenvalue weighted by molar-refractivity contribution is 6.03. The summed E-state index contributed by atoms with van der Waals surface area (Å²) in [5.41, 5.74) is 6.61. The second-order valence-corrected chi connectivity index (χ2v) is 5.74. The first kappa shape index (κ1) is 20.4. The molecule has 0 spiro atoms. The summed E-state index contributed by atoms with van der Waals surface area (Å²) < 4.78 is 5.12. The Morgan fingerprint density at radius 1 is 1.25 bits per heavy atom. The zero-order valence-corrected chi connectivity index (χ0v) is 14.8. The first-order valence-corrected chi connectivity index (χ1v) is 8.06. The van der Waals surface area contributed by atoms with Crippen molar-refractivity contribution in [3.05, 3.63) is 29.8 Å². The molecular weight excluding hydrogens is 330 g/mol. The van der Waals surface area contributed by atoms with E-state index in [4.69, 9.17) is 10.5 Å². The second kappa shape index (κ2) is 10.3. The Kier molecular flexibility index (Phi) is 8.74. The lowest BCUT2D eigenvalue weighted by Gasteiger charge is -2.27. The predicted molar refractivity (Wildman–Crippen MR) is 96.5 cm³/mol. The minimum atomic E-state index is -0.319. The van der Waals surface area contributed by atoms with Gasteiger partial charge in [-0.1, -0.05) is 12.1 Å². The molecule has 3 N–H and O–H groups in total. The number of hydrogen-bond donors (Lipinski definition) is 2. The van der Waals surface area contributed by atoms with Crippen LogP contribution in [0.2, 0.25) is 0 Å². The summed E-state index contributed by atoms with van der Waals surface area (Å²) in [6, 6.07) is 7.12. The van der Waals surface area contributed by atoms with Crippen LogP contribution < -0.4 is 11.1 Å². The topological polar surface area (TPSA) is 84.7 Å². The summed E-state index contributed by atoms with van der Waals surface area (Å²) in [7, 11) is 1.53. The third-order valence-electron chi connectivity index (χ3n) is 4.08. The van der Waals surface area contributed by atoms with E-state index < -0.39 is 0 Å². The third-order valence-corrected chi connectivity index (χ3v) is 4.08. The van der Waals surface area contributed by atoms with E-state index in [1.54, 1.807) is 18.2 Å². The van der Waals surface area contributed by atoms with Crippen molar-refractivity contribution in [3.8, 4) is 0 Å². The average molecular weight is 356 g/mol. The van der Waals surface area contributed by atoms with Gasteiger partial charge in [-0.25, -0.2) is 0 Å². The molecule has 1 aliphatic heterocycles. The molecule has 6 nitrogen and oxygen atoms in total. The van der Waals surface area contributed by atoms with Gasteiger partial charge in [0.15, 0.2) is 0 Å². The Morgan fingerprint density at radius 3 is 2.54 bits per heavy atom. The molecule has 1 saturated heterocycles. The number of nitrogens with one attached hydrogen (secondary N) is 1. The number of piperidine rings is 1. The van der Waals surface area contributed by atoms with Crippen LogP contribution >= 0.6 is 12.4 Å². The molecule has 2 amide bonds. The maximum atomic E-state index is 12.7. The zero-order valence-electron chi connectivity index (χ0n) is 14.0. The summed E-state index contributed by atoms with van der Waals surface area (Å²) in [5, 5.41) is 2.81. The Bertz CT molecular complexity index is 544. The summed E-state index contributed by atoms with van der Waals surface area (Å²) in [6.45, 7) is 1.83. The van der Waals surface area contributed by atoms with E-state index in [2.05, 4.69) is 5.32 Å². The maximum absolute atomic E-state index is 12.7. The number of para-hydroxylation sites is 1. The van der Waals surface area contributed by atoms with Crippen molar-refractivity contribution in [3.63, 3.8) is 0 Å². The number of ether oxygens (including phenoxy) is 1. The van der Waals surface area contributed by atoms with Crippen molar-refractivity contribution in [2.75, 3.05) is 32.1 Å². The lowest BCUT2D eigenvalue weighted by molar-refractivity contribution is -0.118. The van der Waals surface area contributed by atoms with E-state index in [9.17, 15) is 9.59 Å². The molecule has 0 radical (unpaired) electrons. The van der Waals surface area contributed by atoms with Crippen LogP contribution in [0, 0.1) is 0 Å². The number of nitrogens with zero attached hydrogens (tertiary/aromatic N) is 1. The molecule has 1 unspecified atom stereocenters. The number of rotatable bonds is 6. The van der Waals surface area contributed by atoms with E-state index in [0.717, 1.165) is 25.9 Å². The van der Waals surface area contributed by atoms with Gasteiger partial charge in [0, 0.05) is 26.7 Å². The number of anilines is 1. The number of hydrogen-bond acceptors (Lipinski definition) is 4. The molecular formula is C17H26ClN3O3. The van der Waals surface area contributed by atoms with Gasteiger partial charge in [0.2, 0.25) is 5.91 Å². The quantitative estimate of drug-likeness (QED) is 0.817. The first-order chi connectivity index (χ1) is 11.2. The number of methoxy groups -OCH3 is 1. The molecule has 1 heterocycles. The van der Waals surface area contributed by atoms with Gasteiger partial charge in [-0.2, -0.15) is 0 Å². The van der Waals surface area contributed by atoms with Crippen LogP contribution in [-0.4, -0.2) is 49.6 Å². The summed E-state index contributed by atoms with van der Waals surface area (Å²) in [6.07, 6.45) is 3.08. The predicted octanol–water partition coefficient (Wildman–Crippen LogP) is 2.04. The highest BCUT2D eigenvalue weighted by atomic mass is 35.5. The van der Waals surface area contributed by atoms with Gasteiger partial charge in [-0.15, -0.1) is 12.4 Å². The molecule has 24 heavy (non-hydrogen) atoms. The Morgan fingerprint density at radius 2 is 1.92 bits per heavy atom. The van der Waals surface area contributed by atoms with Crippen molar-refractivity contribution in [2.24, 2.45) is 5.73 Å². The molecule has 0 aromatic heterocycles. The normalized spacial score (nSPS) is 15.3. The van der Waals surface area contributed by atoms with Gasteiger partial charge in [-0.05, 0) is 31.4 Å². The van der Waals surface area contributed by atoms with Gasteiger partial charge in [0.05, 0.1) is 23.8 Å². The van der Waals surface area contributed by atoms with Crippen LogP contribution in [-0.2, 0) is 9.53 Å². The van der Waals surface area contributed by atoms with Crippen LogP contribution in [0.25, 0.3) is 0 Å². The molecule has 2 rings (SSSR count). The number of likely N-dealkylation sites (tertiary alicyclic amines) is 1. The van der Waals surface area contributed by atoms with Crippen molar-refractivity contribution >= 4 is 29.9 Å². The number of carbonyl (C=O) groups excluding carboxylic acids is 2. The number of amides is 2. The molecule has 0 saturated carbocycles. The summed E-state index contributed by atoms with van der Waals surface area (Å²) in [5.74, 6) is -0.232. The molecule has 1 aromatic carbocycles. The van der Waals surface area contributed by atoms with Gasteiger partial charge >= 0.3 is 0 Å². The third kappa shape index (κ3) is 5.47. The smallest absolute Gasteiger partial charge is 0.255 e. The standard InChI is InChI=1S/C17H25N3O3.ClH/c1-23-13(12-18)11-16(21)19-15-8-4-3-7-14(15)17(22)20-9-5-2-6-10-20;/h3-4,7-8,13H,2,5-6,9-12,18H2,1H3,(H,19,21);1H. The Hall–Kier alpha value is -1.63. The fraction of sp³-hybridized carbons (Fsp3) is 0.529. The zero-order chi connectivity index (χ0) is 16.7. The number of benzene rings is 1. The fourth-order valence-corrected chi connectivity index (χ4v) is 2.72. The first-order valence-electron chi connectivity index (χ1n) is 8.06. The van der Waals surface area contributed by atoms with E-state index >= 15 is 0 Å². The van der Waals surface area contributed by atoms with Gasteiger partial charge in [0.1, 0.15) is 0 Å². The van der Waals surface area contributed by atoms with Crippen molar-refractivity contribution < 1.29 is 14.3 Å². The molecule has 0 bridgehead atoms. The van der Waals surface area contributed by atoms with E-state index in [-0.39, 0.29) is 43.3 Å². The molecule has 1 aliphatic rings. The fourth-order valence-electron chi connectivity index (χ4n) is 2.72. The lowest BCUT2D eigenvalue weighted by atomic mass is 10.1. The second-order valence-electron chi connectivity index (χ2n) is 5.74. The van der Waals surface area contributed by atoms with Crippen molar-refractivity contribution in [1.29, 1.82) is 0 Å². The van der Waals surface area contributed by atoms with Gasteiger partial charge in [-0.3, -0.25) is 9.59 Å². The van der Waals surface area contributed by atoms with Crippen LogP contribution in [0.4, 0.5) is 5.69 Å². The minimum Gasteiger partial charge on any atom is -0.380 e. The SMILES string of the molecule is COC(CN)CC(=O)Nc1ccccc1C(=O)N1CCCCC1.Cl. The number of carbonyl (C=O) groups is 2. The minimum absolute atomic E-state index is 0. The monoisotopic (exact) mass is 355 g/mol. The summed E-state index contributed by atoms with van der Waals surface area (Å²) in [4.78, 5) is 26.6. The molecule has 134 valence electrons. The molecule has 1 fully saturated rings. The molecule has 0 aliphatic carbocycles. The van der Waals surface area contributed by atoms with E-state index in [0.29, 0.717) is 11.3 Å². The van der Waals surface area contributed by atoms with E-state index in [1.807, 2.05) is 11.0 Å². The molecule has 7 heteroatoms. The highest BCUT2D eigenvalue weighted by Crippen LogP contribution is 2.20. The molecule has 1 atom stereocenters. The number of nitrogens with two attached hydrogens (primary N) is 1. The van der Waals surface area contributed by atoms with E-state index in [1.165, 1.54) is 13.5 Å². The highest BCUT2D eigenvalue weighted by Gasteiger charge is 2.21. The number of halogens is 1. The Labute approximate surface area is 149 Å². The Balaban J connectivity index is 0.00000288. The van der Waals surface area contributed by atoms with Crippen molar-refractivity contribution in [1.82, 2.24) is 4.90 Å². The van der Waals surface area contributed by atoms with Crippen molar-refractivity contribution in [2.45, 2.75) is 31.8 Å². The van der Waals surface area contributed by atoms with Gasteiger partial charge < -0.3 is 20.7 Å². The van der Waals surface area contributed by atoms with Crippen LogP contribution in [0.1, 0.15) is 36.0 Å². The lowest BCUT2D eigenvalue weighted by Crippen LogP contribution is -2.36. The largest absolute Gasteiger partial charge is 0.380 e. The average Bonchev–Trinajstić information content (AvgIpc) is 2.60. The van der Waals surface area contributed by atoms with Crippen LogP contribution in [0.15, 0.2) is 24.3 Å². The maximum Gasteiger partial charge on any atom is 0.255 e. The summed E-state index contributed by atoms with van der Waals surface area (Å²) >= 11 is 0.